The summed E-state index contributed by atoms with van der Waals surface area (Å²) >= 11 is 0. The maximum Gasteiger partial charge on any atom is 0.173 e. The number of alkyl halides is 1. The zero-order chi connectivity index (χ0) is 19.5. The summed E-state index contributed by atoms with van der Waals surface area (Å²) in [7, 11) is 0. The zero-order valence-corrected chi connectivity index (χ0v) is 17.2. The van der Waals surface area contributed by atoms with E-state index in [1.807, 2.05) is 6.92 Å². The summed E-state index contributed by atoms with van der Waals surface area (Å²) in [4.78, 5) is 18.3. The average Bonchev–Trinajstić information content (AvgIpc) is 3.28. The van der Waals surface area contributed by atoms with E-state index in [1.54, 1.807) is 0 Å². The van der Waals surface area contributed by atoms with Gasteiger partial charge in [0.15, 0.2) is 12.0 Å². The van der Waals surface area contributed by atoms with E-state index in [0.717, 1.165) is 63.7 Å². The van der Waals surface area contributed by atoms with Gasteiger partial charge in [-0.15, -0.1) is 0 Å². The first-order valence-electron chi connectivity index (χ1n) is 11.2. The van der Waals surface area contributed by atoms with Crippen LogP contribution in [0.25, 0.3) is 0 Å². The molecule has 1 aliphatic heterocycles. The third-order valence-electron chi connectivity index (χ3n) is 9.01. The summed E-state index contributed by atoms with van der Waals surface area (Å²) in [6.45, 7) is 6.37. The lowest BCUT2D eigenvalue weighted by Gasteiger charge is -2.56. The van der Waals surface area contributed by atoms with Crippen LogP contribution in [-0.2, 0) is 9.63 Å². The molecule has 1 saturated heterocycles. The molecule has 28 heavy (non-hydrogen) atoms. The Morgan fingerprint density at radius 1 is 1.14 bits per heavy atom. The van der Waals surface area contributed by atoms with Crippen LogP contribution in [-0.4, -0.2) is 36.9 Å². The first-order valence-corrected chi connectivity index (χ1v) is 11.2. The smallest absolute Gasteiger partial charge is 0.173 e. The van der Waals surface area contributed by atoms with E-state index in [0.29, 0.717) is 18.3 Å². The number of hydrogen-bond donors (Lipinski definition) is 1. The highest BCUT2D eigenvalue weighted by atomic mass is 19.1. The molecule has 4 fully saturated rings. The Hall–Kier alpha value is -1.23. The topological polar surface area (TPSA) is 50.7 Å². The van der Waals surface area contributed by atoms with Gasteiger partial charge in [0.2, 0.25) is 0 Å². The number of carbonyl (C=O) groups is 1. The highest BCUT2D eigenvalue weighted by molar-refractivity contribution is 5.96. The minimum atomic E-state index is -1.23. The van der Waals surface area contributed by atoms with E-state index in [-0.39, 0.29) is 23.2 Å². The summed E-state index contributed by atoms with van der Waals surface area (Å²) in [6, 6.07) is 0. The molecule has 154 valence electrons. The van der Waals surface area contributed by atoms with Crippen molar-refractivity contribution >= 4 is 11.5 Å². The molecule has 0 aromatic rings. The molecular weight excluding hydrogens is 355 g/mol. The van der Waals surface area contributed by atoms with Crippen LogP contribution in [0.5, 0.6) is 0 Å². The van der Waals surface area contributed by atoms with Gasteiger partial charge in [-0.1, -0.05) is 24.6 Å². The van der Waals surface area contributed by atoms with Crippen molar-refractivity contribution in [2.45, 2.75) is 77.5 Å². The van der Waals surface area contributed by atoms with Gasteiger partial charge in [0.1, 0.15) is 6.10 Å². The lowest BCUT2D eigenvalue weighted by molar-refractivity contribution is -0.135. The molecule has 1 heterocycles. The van der Waals surface area contributed by atoms with Gasteiger partial charge in [0, 0.05) is 18.4 Å². The van der Waals surface area contributed by atoms with Gasteiger partial charge in [-0.05, 0) is 80.7 Å². The molecule has 0 aromatic carbocycles. The van der Waals surface area contributed by atoms with E-state index in [9.17, 15) is 9.18 Å². The van der Waals surface area contributed by atoms with Crippen molar-refractivity contribution in [1.29, 1.82) is 0 Å². The van der Waals surface area contributed by atoms with Crippen LogP contribution in [0.2, 0.25) is 0 Å². The molecule has 3 saturated carbocycles. The SMILES string of the molecule is C[C@]12CCC(=NOC3CCNC3)C=C1CCC1C2CC[C@]2(C)C(=O)C(F)CC12. The van der Waals surface area contributed by atoms with Gasteiger partial charge in [0.05, 0.1) is 5.71 Å². The summed E-state index contributed by atoms with van der Waals surface area (Å²) in [6.07, 6.45) is 8.88. The van der Waals surface area contributed by atoms with Crippen molar-refractivity contribution in [3.8, 4) is 0 Å². The number of fused-ring (bicyclic) bond motifs is 5. The third-order valence-corrected chi connectivity index (χ3v) is 9.01. The second-order valence-corrected chi connectivity index (χ2v) is 10.3. The molecule has 1 N–H and O–H groups in total. The number of ketones is 1. The lowest BCUT2D eigenvalue weighted by Crippen LogP contribution is -2.50. The van der Waals surface area contributed by atoms with Crippen LogP contribution in [0, 0.1) is 28.6 Å². The Bertz CT molecular complexity index is 728. The molecule has 0 amide bonds. The predicted octanol–water partition coefficient (Wildman–Crippen LogP) is 4.20. The van der Waals surface area contributed by atoms with Crippen LogP contribution < -0.4 is 5.32 Å². The van der Waals surface area contributed by atoms with Crippen molar-refractivity contribution in [2.24, 2.45) is 33.7 Å². The Kier molecular flexibility index (Phi) is 4.46. The molecule has 0 aromatic heterocycles. The predicted molar refractivity (Wildman–Crippen MR) is 107 cm³/mol. The van der Waals surface area contributed by atoms with Gasteiger partial charge in [-0.3, -0.25) is 4.79 Å². The van der Waals surface area contributed by atoms with Gasteiger partial charge in [-0.2, -0.15) is 0 Å². The van der Waals surface area contributed by atoms with Gasteiger partial charge >= 0.3 is 0 Å². The number of allylic oxidation sites excluding steroid dienone is 2. The normalized spacial score (nSPS) is 49.4. The summed E-state index contributed by atoms with van der Waals surface area (Å²) in [5.41, 5.74) is 2.35. The van der Waals surface area contributed by atoms with Crippen molar-refractivity contribution in [1.82, 2.24) is 5.32 Å². The van der Waals surface area contributed by atoms with E-state index < -0.39 is 11.6 Å². The Labute approximate surface area is 167 Å². The average molecular weight is 389 g/mol. The first-order chi connectivity index (χ1) is 13.4. The molecule has 7 atom stereocenters. The highest BCUT2D eigenvalue weighted by Crippen LogP contribution is 2.64. The standard InChI is InChI=1S/C23H33FN2O2/c1-22-8-5-15(26-28-16-7-10-25-13-16)11-14(22)3-4-17-18(22)6-9-23(2)19(17)12-20(24)21(23)27/h11,16-20,25H,3-10,12-13H2,1-2H3/t16?,17?,18?,19?,20?,22-,23-/m0/s1. The maximum atomic E-state index is 14.3. The number of hydrogen-bond acceptors (Lipinski definition) is 4. The van der Waals surface area contributed by atoms with Gasteiger partial charge in [0.25, 0.3) is 0 Å². The van der Waals surface area contributed by atoms with Crippen LogP contribution in [0.4, 0.5) is 4.39 Å². The van der Waals surface area contributed by atoms with Crippen LogP contribution >= 0.6 is 0 Å². The van der Waals surface area contributed by atoms with Gasteiger partial charge in [-0.25, -0.2) is 4.39 Å². The number of Topliss-reactive ketones (excluding diaryl/α,β-unsaturated/α-hetero) is 1. The molecule has 5 unspecified atom stereocenters. The molecule has 0 spiro atoms. The van der Waals surface area contributed by atoms with Crippen molar-refractivity contribution in [3.63, 3.8) is 0 Å². The number of nitrogens with one attached hydrogen (secondary N) is 1. The molecule has 5 aliphatic rings. The quantitative estimate of drug-likeness (QED) is 0.721. The van der Waals surface area contributed by atoms with Crippen LogP contribution in [0.3, 0.4) is 0 Å². The van der Waals surface area contributed by atoms with Crippen molar-refractivity contribution in [2.75, 3.05) is 13.1 Å². The highest BCUT2D eigenvalue weighted by Gasteiger charge is 2.61. The number of carbonyl (C=O) groups excluding carboxylic acids is 1. The number of nitrogens with zero attached hydrogens (tertiary/aromatic N) is 1. The molecule has 4 aliphatic carbocycles. The minimum Gasteiger partial charge on any atom is -0.391 e. The Morgan fingerprint density at radius 3 is 2.79 bits per heavy atom. The van der Waals surface area contributed by atoms with E-state index >= 15 is 0 Å². The summed E-state index contributed by atoms with van der Waals surface area (Å²) in [5, 5.41) is 7.79. The van der Waals surface area contributed by atoms with Crippen molar-refractivity contribution in [3.05, 3.63) is 11.6 Å². The van der Waals surface area contributed by atoms with Gasteiger partial charge < -0.3 is 10.2 Å². The molecule has 5 heteroatoms. The fraction of sp³-hybridized carbons (Fsp3) is 0.826. The fourth-order valence-corrected chi connectivity index (χ4v) is 7.25. The van der Waals surface area contributed by atoms with Crippen LogP contribution in [0.15, 0.2) is 16.8 Å². The minimum absolute atomic E-state index is 0.112. The molecule has 0 bridgehead atoms. The molecular formula is C23H33FN2O2. The Morgan fingerprint density at radius 2 is 2.00 bits per heavy atom. The Balaban J connectivity index is 1.36. The summed E-state index contributed by atoms with van der Waals surface area (Å²) < 4.78 is 14.3. The first kappa shape index (κ1) is 18.8. The lowest BCUT2D eigenvalue weighted by atomic mass is 9.47. The monoisotopic (exact) mass is 388 g/mol. The number of oxime groups is 1. The van der Waals surface area contributed by atoms with Crippen LogP contribution in [0.1, 0.15) is 65.2 Å². The maximum absolute atomic E-state index is 14.3. The number of rotatable bonds is 2. The largest absolute Gasteiger partial charge is 0.391 e. The number of halogens is 1. The van der Waals surface area contributed by atoms with E-state index in [4.69, 9.17) is 4.84 Å². The molecule has 5 rings (SSSR count). The van der Waals surface area contributed by atoms with E-state index in [1.165, 1.54) is 5.57 Å². The van der Waals surface area contributed by atoms with Crippen molar-refractivity contribution < 1.29 is 14.0 Å². The fourth-order valence-electron chi connectivity index (χ4n) is 7.25. The molecule has 0 radical (unpaired) electrons. The third kappa shape index (κ3) is 2.72. The second kappa shape index (κ2) is 6.65. The summed E-state index contributed by atoms with van der Waals surface area (Å²) in [5.74, 6) is 1.19. The second-order valence-electron chi connectivity index (χ2n) is 10.3. The zero-order valence-electron chi connectivity index (χ0n) is 17.2. The molecule has 4 nitrogen and oxygen atoms in total. The van der Waals surface area contributed by atoms with E-state index in [2.05, 4.69) is 23.5 Å².